The van der Waals surface area contributed by atoms with Crippen molar-refractivity contribution in [3.8, 4) is 0 Å². The third-order valence-electron chi connectivity index (χ3n) is 3.47. The lowest BCUT2D eigenvalue weighted by Gasteiger charge is -2.39. The molecule has 1 amide bonds. The molecule has 100 valence electrons. The molecule has 1 N–H and O–H groups in total. The fourth-order valence-corrected chi connectivity index (χ4v) is 3.59. The van der Waals surface area contributed by atoms with Gasteiger partial charge in [-0.15, -0.1) is 11.8 Å². The first-order valence-corrected chi connectivity index (χ1v) is 7.29. The van der Waals surface area contributed by atoms with Gasteiger partial charge in [-0.05, 0) is 24.5 Å². The second kappa shape index (κ2) is 4.85. The maximum atomic E-state index is 12.1. The minimum Gasteiger partial charge on any atom is -0.480 e. The van der Waals surface area contributed by atoms with Crippen molar-refractivity contribution in [3.63, 3.8) is 0 Å². The van der Waals surface area contributed by atoms with Gasteiger partial charge in [0.15, 0.2) is 0 Å². The van der Waals surface area contributed by atoms with Crippen molar-refractivity contribution in [1.82, 2.24) is 9.88 Å². The van der Waals surface area contributed by atoms with Gasteiger partial charge in [-0.2, -0.15) is 0 Å². The van der Waals surface area contributed by atoms with Crippen molar-refractivity contribution in [2.75, 3.05) is 5.75 Å². The molecule has 3 rings (SSSR count). The van der Waals surface area contributed by atoms with E-state index in [1.54, 1.807) is 23.4 Å². The zero-order valence-corrected chi connectivity index (χ0v) is 11.0. The van der Waals surface area contributed by atoms with E-state index in [4.69, 9.17) is 0 Å². The Hall–Kier alpha value is -1.56. The van der Waals surface area contributed by atoms with E-state index in [1.165, 1.54) is 11.8 Å². The molecule has 0 radical (unpaired) electrons. The first-order chi connectivity index (χ1) is 9.18. The average Bonchev–Trinajstić information content (AvgIpc) is 3.23. The van der Waals surface area contributed by atoms with Crippen LogP contribution in [0.15, 0.2) is 24.5 Å². The molecule has 2 aliphatic rings. The molecule has 0 aromatic carbocycles. The summed E-state index contributed by atoms with van der Waals surface area (Å²) in [5.41, 5.74) is 0.808. The number of aromatic nitrogens is 1. The third-order valence-corrected chi connectivity index (χ3v) is 4.70. The molecule has 6 heteroatoms. The molecule has 2 heterocycles. The van der Waals surface area contributed by atoms with Crippen LogP contribution in [0.3, 0.4) is 0 Å². The standard InChI is InChI=1S/C13H14N2O3S/c16-10-7-19-12(13(17)18)11(15(10)9-3-4-9)8-2-1-5-14-6-8/h1-2,5-6,9,11-12H,3-4,7H2,(H,17,18)/t11-,12+/m1/s1. The van der Waals surface area contributed by atoms with Crippen molar-refractivity contribution in [2.45, 2.75) is 30.2 Å². The fraction of sp³-hybridized carbons (Fsp3) is 0.462. The summed E-state index contributed by atoms with van der Waals surface area (Å²) in [6.07, 6.45) is 5.26. The number of thioether (sulfide) groups is 1. The molecule has 1 saturated carbocycles. The highest BCUT2D eigenvalue weighted by molar-refractivity contribution is 8.01. The minimum atomic E-state index is -0.864. The number of amides is 1. The Morgan fingerprint density at radius 2 is 2.26 bits per heavy atom. The zero-order valence-electron chi connectivity index (χ0n) is 10.2. The Bertz CT molecular complexity index is 504. The number of pyridine rings is 1. The molecule has 2 fully saturated rings. The fourth-order valence-electron chi connectivity index (χ4n) is 2.50. The molecule has 1 aromatic heterocycles. The third kappa shape index (κ3) is 2.32. The molecule has 0 unspecified atom stereocenters. The van der Waals surface area contributed by atoms with Crippen molar-refractivity contribution in [2.24, 2.45) is 0 Å². The Labute approximate surface area is 115 Å². The molecule has 5 nitrogen and oxygen atoms in total. The van der Waals surface area contributed by atoms with Crippen LogP contribution in [0, 0.1) is 0 Å². The Morgan fingerprint density at radius 3 is 2.84 bits per heavy atom. The lowest BCUT2D eigenvalue weighted by Crippen LogP contribution is -2.48. The number of carbonyl (C=O) groups is 2. The number of carboxylic acid groups (broad SMARTS) is 1. The van der Waals surface area contributed by atoms with E-state index < -0.39 is 17.3 Å². The lowest BCUT2D eigenvalue weighted by atomic mass is 10.0. The van der Waals surface area contributed by atoms with E-state index in [9.17, 15) is 14.7 Å². The SMILES string of the molecule is O=C(O)[C@H]1SCC(=O)N(C2CC2)[C@@H]1c1cccnc1. The molecule has 1 aliphatic heterocycles. The average molecular weight is 278 g/mol. The summed E-state index contributed by atoms with van der Waals surface area (Å²) >= 11 is 1.21. The van der Waals surface area contributed by atoms with E-state index in [0.717, 1.165) is 18.4 Å². The lowest BCUT2D eigenvalue weighted by molar-refractivity contribution is -0.140. The smallest absolute Gasteiger partial charge is 0.319 e. The van der Waals surface area contributed by atoms with Crippen LogP contribution in [0.5, 0.6) is 0 Å². The normalized spacial score (nSPS) is 27.4. The number of nitrogens with zero attached hydrogens (tertiary/aromatic N) is 2. The van der Waals surface area contributed by atoms with Crippen molar-refractivity contribution in [1.29, 1.82) is 0 Å². The van der Waals surface area contributed by atoms with Gasteiger partial charge in [0.05, 0.1) is 11.8 Å². The van der Waals surface area contributed by atoms with E-state index in [0.29, 0.717) is 0 Å². The quantitative estimate of drug-likeness (QED) is 0.902. The van der Waals surface area contributed by atoms with E-state index in [2.05, 4.69) is 4.98 Å². The van der Waals surface area contributed by atoms with Gasteiger partial charge in [-0.25, -0.2) is 0 Å². The highest BCUT2D eigenvalue weighted by atomic mass is 32.2. The summed E-state index contributed by atoms with van der Waals surface area (Å²) < 4.78 is 0. The van der Waals surface area contributed by atoms with Crippen LogP contribution in [0.25, 0.3) is 0 Å². The van der Waals surface area contributed by atoms with Crippen LogP contribution in [-0.4, -0.2) is 43.9 Å². The molecule has 1 aromatic rings. The van der Waals surface area contributed by atoms with Crippen LogP contribution in [0.2, 0.25) is 0 Å². The molecule has 1 aliphatic carbocycles. The van der Waals surface area contributed by atoms with Crippen LogP contribution >= 0.6 is 11.8 Å². The monoisotopic (exact) mass is 278 g/mol. The van der Waals surface area contributed by atoms with Gasteiger partial charge in [0.1, 0.15) is 5.25 Å². The summed E-state index contributed by atoms with van der Waals surface area (Å²) in [5.74, 6) is -0.569. The topological polar surface area (TPSA) is 70.5 Å². The van der Waals surface area contributed by atoms with Gasteiger partial charge >= 0.3 is 5.97 Å². The maximum Gasteiger partial charge on any atom is 0.319 e. The second-order valence-electron chi connectivity index (χ2n) is 4.83. The predicted octanol–water partition coefficient (Wildman–Crippen LogP) is 1.31. The largest absolute Gasteiger partial charge is 0.480 e. The van der Waals surface area contributed by atoms with Crippen LogP contribution in [0.4, 0.5) is 0 Å². The molecule has 1 saturated heterocycles. The molecular formula is C13H14N2O3S. The van der Waals surface area contributed by atoms with E-state index in [1.807, 2.05) is 6.07 Å². The number of carboxylic acids is 1. The Balaban J connectivity index is 2.00. The van der Waals surface area contributed by atoms with Crippen LogP contribution < -0.4 is 0 Å². The first kappa shape index (κ1) is 12.5. The summed E-state index contributed by atoms with van der Waals surface area (Å²) in [7, 11) is 0. The molecule has 19 heavy (non-hydrogen) atoms. The Morgan fingerprint density at radius 1 is 1.47 bits per heavy atom. The van der Waals surface area contributed by atoms with Crippen molar-refractivity contribution < 1.29 is 14.7 Å². The predicted molar refractivity (Wildman–Crippen MR) is 70.7 cm³/mol. The summed E-state index contributed by atoms with van der Waals surface area (Å²) in [6, 6.07) is 3.44. The van der Waals surface area contributed by atoms with Gasteiger partial charge in [-0.1, -0.05) is 6.07 Å². The van der Waals surface area contributed by atoms with Crippen molar-refractivity contribution in [3.05, 3.63) is 30.1 Å². The first-order valence-electron chi connectivity index (χ1n) is 6.24. The second-order valence-corrected chi connectivity index (χ2v) is 5.96. The molecular weight excluding hydrogens is 264 g/mol. The van der Waals surface area contributed by atoms with Gasteiger partial charge in [0, 0.05) is 18.4 Å². The summed E-state index contributed by atoms with van der Waals surface area (Å²) in [4.78, 5) is 29.4. The molecule has 0 bridgehead atoms. The number of hydrogen-bond acceptors (Lipinski definition) is 4. The number of aliphatic carboxylic acids is 1. The van der Waals surface area contributed by atoms with Gasteiger partial charge in [0.25, 0.3) is 0 Å². The van der Waals surface area contributed by atoms with Crippen LogP contribution in [0.1, 0.15) is 24.4 Å². The number of carbonyl (C=O) groups excluding carboxylic acids is 1. The van der Waals surface area contributed by atoms with Gasteiger partial charge in [-0.3, -0.25) is 14.6 Å². The highest BCUT2D eigenvalue weighted by Crippen LogP contribution is 2.43. The highest BCUT2D eigenvalue weighted by Gasteiger charge is 2.47. The molecule has 2 atom stereocenters. The van der Waals surface area contributed by atoms with Gasteiger partial charge < -0.3 is 10.0 Å². The molecule has 0 spiro atoms. The van der Waals surface area contributed by atoms with Crippen LogP contribution in [-0.2, 0) is 9.59 Å². The van der Waals surface area contributed by atoms with Gasteiger partial charge in [0.2, 0.25) is 5.91 Å². The number of rotatable bonds is 3. The summed E-state index contributed by atoms with van der Waals surface area (Å²) in [6.45, 7) is 0. The zero-order chi connectivity index (χ0) is 13.4. The van der Waals surface area contributed by atoms with E-state index in [-0.39, 0.29) is 17.7 Å². The van der Waals surface area contributed by atoms with Crippen molar-refractivity contribution >= 4 is 23.6 Å². The maximum absolute atomic E-state index is 12.1. The Kier molecular flexibility index (Phi) is 3.18. The summed E-state index contributed by atoms with van der Waals surface area (Å²) in [5, 5.41) is 8.79. The van der Waals surface area contributed by atoms with E-state index >= 15 is 0 Å². The number of hydrogen-bond donors (Lipinski definition) is 1. The minimum absolute atomic E-state index is 0.0406.